The zero-order valence-electron chi connectivity index (χ0n) is 30.7. The molecule has 3 rings (SSSR count). The maximum atomic E-state index is 11.3. The van der Waals surface area contributed by atoms with Gasteiger partial charge in [-0.15, -0.1) is 0 Å². The van der Waals surface area contributed by atoms with Crippen LogP contribution >= 0.6 is 0 Å². The summed E-state index contributed by atoms with van der Waals surface area (Å²) in [5.41, 5.74) is 7.41. The zero-order valence-corrected chi connectivity index (χ0v) is 31.8. The third kappa shape index (κ3) is 13.5. The molecule has 3 aromatic carbocycles. The van der Waals surface area contributed by atoms with E-state index in [0.29, 0.717) is 22.5 Å². The number of phenolic OH excluding ortho intramolecular Hbond substituents is 2. The van der Waals surface area contributed by atoms with Crippen LogP contribution in [0, 0.1) is 29.1 Å². The van der Waals surface area contributed by atoms with Gasteiger partial charge in [0, 0.05) is 40.3 Å². The molecule has 1 radical (unpaired) electrons. The predicted molar refractivity (Wildman–Crippen MR) is 196 cm³/mol. The SMILES string of the molecule is CC(C)(C)Cc1cc(C=Nc2ccccc2N=Cc2cc(CC(C)(C)C)cc(CC(C)(C)C)c2O)c(O)c(CC(C)(C)C)c1.[CH3-].[Co]. The Labute approximate surface area is 291 Å². The number of phenols is 2. The van der Waals surface area contributed by atoms with Crippen molar-refractivity contribution in [2.75, 3.05) is 0 Å². The molecule has 0 aliphatic heterocycles. The van der Waals surface area contributed by atoms with E-state index in [4.69, 9.17) is 9.98 Å². The molecule has 2 N–H and O–H groups in total. The van der Waals surface area contributed by atoms with E-state index in [0.717, 1.165) is 36.8 Å². The van der Waals surface area contributed by atoms with Gasteiger partial charge in [-0.1, -0.05) is 107 Å². The minimum Gasteiger partial charge on any atom is -0.507 e. The van der Waals surface area contributed by atoms with Gasteiger partial charge in [0.2, 0.25) is 0 Å². The molecule has 0 bridgehead atoms. The summed E-state index contributed by atoms with van der Waals surface area (Å²) in [5, 5.41) is 22.5. The van der Waals surface area contributed by atoms with Crippen molar-refractivity contribution in [3.63, 3.8) is 0 Å². The summed E-state index contributed by atoms with van der Waals surface area (Å²) >= 11 is 0. The third-order valence-electron chi connectivity index (χ3n) is 7.03. The van der Waals surface area contributed by atoms with Crippen LogP contribution in [0.5, 0.6) is 11.5 Å². The Morgan fingerprint density at radius 3 is 1.11 bits per heavy atom. The first-order chi connectivity index (χ1) is 20.1. The summed E-state index contributed by atoms with van der Waals surface area (Å²) < 4.78 is 0. The normalized spacial score (nSPS) is 12.8. The van der Waals surface area contributed by atoms with Crippen LogP contribution in [0.4, 0.5) is 11.4 Å². The Balaban J connectivity index is 0.00000529. The monoisotopic (exact) mass is 670 g/mol. The van der Waals surface area contributed by atoms with Crippen LogP contribution in [0.2, 0.25) is 0 Å². The van der Waals surface area contributed by atoms with Crippen molar-refractivity contribution in [1.82, 2.24) is 0 Å². The molecule has 0 heterocycles. The molecule has 0 fully saturated rings. The molecule has 4 nitrogen and oxygen atoms in total. The molecule has 0 saturated heterocycles. The van der Waals surface area contributed by atoms with Crippen LogP contribution in [0.15, 0.2) is 58.5 Å². The van der Waals surface area contributed by atoms with Crippen molar-refractivity contribution in [3.8, 4) is 11.5 Å². The van der Waals surface area contributed by atoms with Crippen LogP contribution in [0.1, 0.15) is 116 Å². The van der Waals surface area contributed by atoms with E-state index in [1.165, 1.54) is 11.1 Å². The van der Waals surface area contributed by atoms with Crippen LogP contribution in [0.25, 0.3) is 0 Å². The summed E-state index contributed by atoms with van der Waals surface area (Å²) in [4.78, 5) is 9.64. The molecule has 255 valence electrons. The Morgan fingerprint density at radius 2 is 0.826 bits per heavy atom. The molecular weight excluding hydrogens is 611 g/mol. The summed E-state index contributed by atoms with van der Waals surface area (Å²) in [6, 6.07) is 16.1. The molecule has 0 aromatic heterocycles. The van der Waals surface area contributed by atoms with Crippen LogP contribution in [-0.2, 0) is 42.5 Å². The van der Waals surface area contributed by atoms with Crippen molar-refractivity contribution in [2.24, 2.45) is 31.6 Å². The van der Waals surface area contributed by atoms with Gasteiger partial charge in [0.15, 0.2) is 0 Å². The van der Waals surface area contributed by atoms with Gasteiger partial charge in [-0.05, 0) is 93.9 Å². The average molecular weight is 671 g/mol. The second kappa shape index (κ2) is 15.8. The van der Waals surface area contributed by atoms with E-state index in [1.54, 1.807) is 12.4 Å². The summed E-state index contributed by atoms with van der Waals surface area (Å²) in [7, 11) is 0. The van der Waals surface area contributed by atoms with E-state index in [1.807, 2.05) is 24.3 Å². The maximum Gasteiger partial charge on any atom is 0.127 e. The first-order valence-corrected chi connectivity index (χ1v) is 16.0. The van der Waals surface area contributed by atoms with E-state index in [-0.39, 0.29) is 57.4 Å². The van der Waals surface area contributed by atoms with Crippen molar-refractivity contribution >= 4 is 23.8 Å². The minimum atomic E-state index is 0. The molecule has 0 saturated carbocycles. The topological polar surface area (TPSA) is 65.2 Å². The molecule has 3 aromatic rings. The third-order valence-corrected chi connectivity index (χ3v) is 7.03. The van der Waals surface area contributed by atoms with Crippen molar-refractivity contribution in [2.45, 2.75) is 109 Å². The number of benzene rings is 3. The van der Waals surface area contributed by atoms with E-state index < -0.39 is 0 Å². The van der Waals surface area contributed by atoms with Gasteiger partial charge < -0.3 is 17.6 Å². The maximum absolute atomic E-state index is 11.3. The summed E-state index contributed by atoms with van der Waals surface area (Å²) in [6.45, 7) is 26.5. The predicted octanol–water partition coefficient (Wildman–Crippen LogP) is 11.4. The second-order valence-electron chi connectivity index (χ2n) is 17.3. The Kier molecular flexibility index (Phi) is 14.1. The van der Waals surface area contributed by atoms with Crippen LogP contribution in [0.3, 0.4) is 0 Å². The number of aromatic hydroxyl groups is 2. The quantitative estimate of drug-likeness (QED) is 0.185. The molecule has 0 aliphatic rings. The molecule has 0 unspecified atom stereocenters. The Morgan fingerprint density at radius 1 is 0.522 bits per heavy atom. The van der Waals surface area contributed by atoms with Gasteiger partial charge in [-0.3, -0.25) is 9.98 Å². The smallest absolute Gasteiger partial charge is 0.127 e. The summed E-state index contributed by atoms with van der Waals surface area (Å²) in [5.74, 6) is 0.573. The number of para-hydroxylation sites is 2. The van der Waals surface area contributed by atoms with Crippen LogP contribution in [-0.4, -0.2) is 22.6 Å². The average Bonchev–Trinajstić information content (AvgIpc) is 2.83. The molecule has 0 amide bonds. The van der Waals surface area contributed by atoms with Crippen LogP contribution < -0.4 is 0 Å². The van der Waals surface area contributed by atoms with Gasteiger partial charge in [0.05, 0.1) is 11.4 Å². The second-order valence-corrected chi connectivity index (χ2v) is 17.3. The fraction of sp³-hybridized carbons (Fsp3) is 0.488. The number of aliphatic imine (C=N–C) groups is 2. The summed E-state index contributed by atoms with van der Waals surface area (Å²) in [6.07, 6.45) is 6.86. The van der Waals surface area contributed by atoms with E-state index in [9.17, 15) is 10.2 Å². The van der Waals surface area contributed by atoms with Gasteiger partial charge in [0.25, 0.3) is 0 Å². The number of hydrogen-bond acceptors (Lipinski definition) is 4. The number of nitrogens with zero attached hydrogens (tertiary/aromatic N) is 2. The number of hydrogen-bond donors (Lipinski definition) is 2. The van der Waals surface area contributed by atoms with Gasteiger partial charge >= 0.3 is 0 Å². The molecule has 0 atom stereocenters. The van der Waals surface area contributed by atoms with Crippen molar-refractivity contribution in [1.29, 1.82) is 0 Å². The molecule has 46 heavy (non-hydrogen) atoms. The fourth-order valence-corrected chi connectivity index (χ4v) is 5.57. The molecule has 0 aliphatic carbocycles. The first kappa shape index (κ1) is 41.1. The first-order valence-electron chi connectivity index (χ1n) is 16.0. The van der Waals surface area contributed by atoms with E-state index in [2.05, 4.69) is 107 Å². The van der Waals surface area contributed by atoms with Crippen molar-refractivity contribution in [3.05, 3.63) is 89.3 Å². The van der Waals surface area contributed by atoms with Gasteiger partial charge in [0.1, 0.15) is 11.5 Å². The Bertz CT molecular complexity index is 1390. The largest absolute Gasteiger partial charge is 0.507 e. The van der Waals surface area contributed by atoms with Gasteiger partial charge in [-0.2, -0.15) is 0 Å². The molecular formula is C41H59CoN2O2-. The molecule has 0 spiro atoms. The molecule has 5 heteroatoms. The number of rotatable bonds is 8. The fourth-order valence-electron chi connectivity index (χ4n) is 5.57. The Hall–Kier alpha value is -2.89. The standard InChI is InChI=1S/C40H56N2O2.CH3.Co/c1-37(2,3)21-27-17-29(23-39(7,8)9)35(43)31(19-27)25-41-33-15-13-14-16-34(33)42-26-32-20-28(22-38(4,5)6)18-30(36(32)44)24-40(10,11)12;;/h13-20,25-26,43-44H,21-24H2,1-12H3;1H3;/q;-1;. The minimum absolute atomic E-state index is 0. The van der Waals surface area contributed by atoms with Crippen molar-refractivity contribution < 1.29 is 27.0 Å². The van der Waals surface area contributed by atoms with Gasteiger partial charge in [-0.25, -0.2) is 0 Å². The van der Waals surface area contributed by atoms with E-state index >= 15 is 0 Å². The zero-order chi connectivity index (χ0) is 33.1.